The second-order valence-corrected chi connectivity index (χ2v) is 11.9. The van der Waals surface area contributed by atoms with Gasteiger partial charge >= 0.3 is 6.18 Å². The highest BCUT2D eigenvalue weighted by molar-refractivity contribution is 7.92. The first-order valence-corrected chi connectivity index (χ1v) is 14.9. The number of carbonyl (C=O) groups excluding carboxylic acids is 2. The van der Waals surface area contributed by atoms with Crippen molar-refractivity contribution < 1.29 is 31.2 Å². The Morgan fingerprint density at radius 2 is 1.64 bits per heavy atom. The fraction of sp³-hybridized carbons (Fsp3) is 0.440. The van der Waals surface area contributed by atoms with Gasteiger partial charge in [0.1, 0.15) is 12.6 Å². The lowest BCUT2D eigenvalue weighted by atomic mass is 10.1. The zero-order valence-electron chi connectivity index (χ0n) is 21.5. The van der Waals surface area contributed by atoms with E-state index in [1.165, 1.54) is 17.0 Å². The monoisotopic (exact) mass is 629 g/mol. The van der Waals surface area contributed by atoms with Crippen molar-refractivity contribution in [3.8, 4) is 0 Å². The Hall–Kier alpha value is -2.21. The molecule has 1 atom stereocenters. The number of sulfonamides is 1. The summed E-state index contributed by atoms with van der Waals surface area (Å²) in [7, 11) is -4.29. The third kappa shape index (κ3) is 9.16. The van der Waals surface area contributed by atoms with Crippen LogP contribution in [0.3, 0.4) is 0 Å². The minimum absolute atomic E-state index is 0.149. The van der Waals surface area contributed by atoms with Crippen LogP contribution in [0.5, 0.6) is 0 Å². The summed E-state index contributed by atoms with van der Waals surface area (Å²) < 4.78 is 66.0. The number of amides is 2. The lowest BCUT2D eigenvalue weighted by molar-refractivity contribution is -0.140. The highest BCUT2D eigenvalue weighted by atomic mass is 35.5. The third-order valence-corrected chi connectivity index (χ3v) is 7.96. The van der Waals surface area contributed by atoms with E-state index >= 15 is 0 Å². The van der Waals surface area contributed by atoms with Gasteiger partial charge in [0.2, 0.25) is 21.8 Å². The Labute approximate surface area is 241 Å². The fourth-order valence-electron chi connectivity index (χ4n) is 3.74. The van der Waals surface area contributed by atoms with Gasteiger partial charge in [0.15, 0.2) is 0 Å². The SMILES string of the molecule is CCCCNC(=O)C(CC)N(Cc1ccc(Cl)c(Cl)c1)C(=O)CN(c1cc(C(F)(F)F)ccc1Cl)S(C)(=O)=O. The Kier molecular flexibility index (Phi) is 11.8. The number of alkyl halides is 3. The van der Waals surface area contributed by atoms with Gasteiger partial charge in [-0.1, -0.05) is 61.1 Å². The average molecular weight is 631 g/mol. The Bertz CT molecular complexity index is 1290. The highest BCUT2D eigenvalue weighted by Gasteiger charge is 2.35. The van der Waals surface area contributed by atoms with Crippen molar-refractivity contribution >= 4 is 62.3 Å². The van der Waals surface area contributed by atoms with Crippen LogP contribution in [0.15, 0.2) is 36.4 Å². The maximum Gasteiger partial charge on any atom is 0.416 e. The summed E-state index contributed by atoms with van der Waals surface area (Å²) in [5.74, 6) is -1.29. The largest absolute Gasteiger partial charge is 0.416 e. The van der Waals surface area contributed by atoms with Gasteiger partial charge in [-0.25, -0.2) is 8.42 Å². The van der Waals surface area contributed by atoms with Crippen molar-refractivity contribution in [3.63, 3.8) is 0 Å². The molecular formula is C25H29Cl3F3N3O4S. The summed E-state index contributed by atoms with van der Waals surface area (Å²) in [5.41, 5.74) is -1.16. The molecule has 0 spiro atoms. The maximum absolute atomic E-state index is 13.7. The van der Waals surface area contributed by atoms with E-state index in [1.807, 2.05) is 6.92 Å². The molecule has 0 fully saturated rings. The molecule has 0 aliphatic rings. The number of anilines is 1. The maximum atomic E-state index is 13.7. The lowest BCUT2D eigenvalue weighted by Crippen LogP contribution is -2.52. The van der Waals surface area contributed by atoms with Crippen LogP contribution in [-0.2, 0) is 32.3 Å². The summed E-state index contributed by atoms with van der Waals surface area (Å²) in [4.78, 5) is 27.9. The standard InChI is InChI=1S/C25H29Cl3F3N3O4S/c1-4-6-11-32-24(36)21(5-2)33(14-16-7-9-18(26)20(28)12-16)23(35)15-34(39(3,37)38)22-13-17(25(29,30)31)8-10-19(22)27/h7-10,12-13,21H,4-6,11,14-15H2,1-3H3,(H,32,36). The van der Waals surface area contributed by atoms with Crippen LogP contribution in [0.2, 0.25) is 15.1 Å². The van der Waals surface area contributed by atoms with E-state index < -0.39 is 51.9 Å². The number of nitrogens with one attached hydrogen (secondary N) is 1. The summed E-state index contributed by atoms with van der Waals surface area (Å²) >= 11 is 18.2. The molecule has 2 rings (SSSR count). The number of benzene rings is 2. The summed E-state index contributed by atoms with van der Waals surface area (Å²) in [6, 6.07) is 5.77. The van der Waals surface area contributed by atoms with Crippen LogP contribution < -0.4 is 9.62 Å². The number of carbonyl (C=O) groups is 2. The van der Waals surface area contributed by atoms with Crippen molar-refractivity contribution in [2.24, 2.45) is 0 Å². The molecule has 0 aromatic heterocycles. The molecule has 216 valence electrons. The minimum atomic E-state index is -4.78. The van der Waals surface area contributed by atoms with Crippen LogP contribution in [0.4, 0.5) is 18.9 Å². The fourth-order valence-corrected chi connectivity index (χ4v) is 5.18. The van der Waals surface area contributed by atoms with E-state index in [-0.39, 0.29) is 28.0 Å². The van der Waals surface area contributed by atoms with E-state index in [0.717, 1.165) is 18.7 Å². The Morgan fingerprint density at radius 1 is 1.00 bits per heavy atom. The number of nitrogens with zero attached hydrogens (tertiary/aromatic N) is 2. The first-order valence-electron chi connectivity index (χ1n) is 12.0. The van der Waals surface area contributed by atoms with E-state index in [2.05, 4.69) is 5.32 Å². The van der Waals surface area contributed by atoms with Gasteiger partial charge < -0.3 is 10.2 Å². The van der Waals surface area contributed by atoms with Crippen LogP contribution in [0, 0.1) is 0 Å². The second-order valence-electron chi connectivity index (χ2n) is 8.77. The normalized spacial score (nSPS) is 12.6. The van der Waals surface area contributed by atoms with Crippen molar-refractivity contribution in [3.05, 3.63) is 62.6 Å². The van der Waals surface area contributed by atoms with E-state index in [0.29, 0.717) is 35.0 Å². The van der Waals surface area contributed by atoms with E-state index in [4.69, 9.17) is 34.8 Å². The quantitative estimate of drug-likeness (QED) is 0.285. The van der Waals surface area contributed by atoms with Gasteiger partial charge in [0.25, 0.3) is 0 Å². The number of rotatable bonds is 12. The number of unbranched alkanes of at least 4 members (excludes halogenated alkanes) is 1. The van der Waals surface area contributed by atoms with Crippen molar-refractivity contribution in [1.82, 2.24) is 10.2 Å². The van der Waals surface area contributed by atoms with Crippen LogP contribution >= 0.6 is 34.8 Å². The predicted octanol–water partition coefficient (Wildman–Crippen LogP) is 6.16. The summed E-state index contributed by atoms with van der Waals surface area (Å²) in [6.07, 6.45) is -2.33. The van der Waals surface area contributed by atoms with Crippen LogP contribution in [0.1, 0.15) is 44.2 Å². The zero-order valence-corrected chi connectivity index (χ0v) is 24.6. The molecule has 0 heterocycles. The predicted molar refractivity (Wildman–Crippen MR) is 148 cm³/mol. The second kappa shape index (κ2) is 13.9. The summed E-state index contributed by atoms with van der Waals surface area (Å²) in [5, 5.41) is 2.94. The smallest absolute Gasteiger partial charge is 0.354 e. The van der Waals surface area contributed by atoms with Crippen LogP contribution in [-0.4, -0.2) is 50.5 Å². The molecule has 0 aliphatic heterocycles. The molecule has 2 aromatic rings. The molecule has 0 radical (unpaired) electrons. The molecule has 0 saturated heterocycles. The van der Waals surface area contributed by atoms with E-state index in [1.54, 1.807) is 13.0 Å². The molecule has 2 amide bonds. The first kappa shape index (κ1) is 33.0. The Balaban J connectivity index is 2.53. The van der Waals surface area contributed by atoms with Gasteiger partial charge in [0, 0.05) is 13.1 Å². The van der Waals surface area contributed by atoms with Gasteiger partial charge in [0.05, 0.1) is 32.6 Å². The summed E-state index contributed by atoms with van der Waals surface area (Å²) in [6.45, 7) is 2.94. The molecule has 7 nitrogen and oxygen atoms in total. The molecule has 39 heavy (non-hydrogen) atoms. The molecule has 0 bridgehead atoms. The number of hydrogen-bond donors (Lipinski definition) is 1. The molecule has 0 aliphatic carbocycles. The van der Waals surface area contributed by atoms with Crippen molar-refractivity contribution in [2.75, 3.05) is 23.7 Å². The van der Waals surface area contributed by atoms with Crippen LogP contribution in [0.25, 0.3) is 0 Å². The van der Waals surface area contributed by atoms with E-state index in [9.17, 15) is 31.2 Å². The van der Waals surface area contributed by atoms with Crippen molar-refractivity contribution in [1.29, 1.82) is 0 Å². The lowest BCUT2D eigenvalue weighted by Gasteiger charge is -2.33. The molecular weight excluding hydrogens is 602 g/mol. The minimum Gasteiger partial charge on any atom is -0.354 e. The van der Waals surface area contributed by atoms with Gasteiger partial charge in [-0.15, -0.1) is 0 Å². The third-order valence-electron chi connectivity index (χ3n) is 5.77. The molecule has 1 unspecified atom stereocenters. The zero-order chi connectivity index (χ0) is 29.5. The molecule has 1 N–H and O–H groups in total. The highest BCUT2D eigenvalue weighted by Crippen LogP contribution is 2.36. The number of hydrogen-bond acceptors (Lipinski definition) is 4. The van der Waals surface area contributed by atoms with Crippen molar-refractivity contribution in [2.45, 2.75) is 51.9 Å². The number of halogens is 6. The average Bonchev–Trinajstić information content (AvgIpc) is 2.83. The van der Waals surface area contributed by atoms with Gasteiger partial charge in [-0.05, 0) is 48.7 Å². The van der Waals surface area contributed by atoms with Gasteiger partial charge in [-0.3, -0.25) is 13.9 Å². The molecule has 14 heteroatoms. The topological polar surface area (TPSA) is 86.8 Å². The molecule has 0 saturated carbocycles. The molecule has 2 aromatic carbocycles. The van der Waals surface area contributed by atoms with Gasteiger partial charge in [-0.2, -0.15) is 13.2 Å². The Morgan fingerprint density at radius 3 is 2.18 bits per heavy atom. The first-order chi connectivity index (χ1) is 18.1.